The van der Waals surface area contributed by atoms with Gasteiger partial charge in [-0.2, -0.15) is 4.98 Å². The van der Waals surface area contributed by atoms with Gasteiger partial charge in [0, 0.05) is 29.2 Å². The lowest BCUT2D eigenvalue weighted by Gasteiger charge is -2.10. The van der Waals surface area contributed by atoms with Crippen LogP contribution in [0.5, 0.6) is 0 Å². The van der Waals surface area contributed by atoms with Crippen molar-refractivity contribution < 1.29 is 4.52 Å². The Balaban J connectivity index is 1.49. The van der Waals surface area contributed by atoms with Gasteiger partial charge in [-0.1, -0.05) is 46.6 Å². The molecule has 8 heteroatoms. The van der Waals surface area contributed by atoms with E-state index in [-0.39, 0.29) is 0 Å². The standard InChI is InChI=1S/C19H19Cl2N5O/c1-22-19(23-11-10-13-4-2-3-5-16(13)21)24-12-17-25-18(26-27-17)14-6-8-15(20)9-7-14/h2-9H,10-12H2,1H3,(H2,22,23,24). The maximum Gasteiger partial charge on any atom is 0.246 e. The molecule has 2 aromatic carbocycles. The van der Waals surface area contributed by atoms with Gasteiger partial charge in [-0.15, -0.1) is 0 Å². The molecule has 0 aliphatic rings. The Hall–Kier alpha value is -2.57. The molecule has 6 nitrogen and oxygen atoms in total. The average Bonchev–Trinajstić information content (AvgIpc) is 3.15. The molecule has 0 spiro atoms. The third-order valence-corrected chi connectivity index (χ3v) is 4.47. The number of halogens is 2. The summed E-state index contributed by atoms with van der Waals surface area (Å²) in [7, 11) is 1.71. The van der Waals surface area contributed by atoms with Crippen LogP contribution in [0.2, 0.25) is 10.0 Å². The molecule has 0 fully saturated rings. The Morgan fingerprint density at radius 3 is 2.59 bits per heavy atom. The van der Waals surface area contributed by atoms with Gasteiger partial charge in [0.1, 0.15) is 0 Å². The summed E-state index contributed by atoms with van der Waals surface area (Å²) in [6.45, 7) is 1.07. The molecule has 3 aromatic rings. The first-order valence-corrected chi connectivity index (χ1v) is 9.18. The molecule has 0 aliphatic heterocycles. The van der Waals surface area contributed by atoms with Crippen LogP contribution in [-0.4, -0.2) is 29.7 Å². The zero-order valence-electron chi connectivity index (χ0n) is 14.7. The number of nitrogens with one attached hydrogen (secondary N) is 2. The fraction of sp³-hybridized carbons (Fsp3) is 0.211. The van der Waals surface area contributed by atoms with Crippen molar-refractivity contribution in [2.24, 2.45) is 4.99 Å². The Labute approximate surface area is 167 Å². The Kier molecular flexibility index (Phi) is 6.68. The second-order valence-electron chi connectivity index (χ2n) is 5.71. The zero-order chi connectivity index (χ0) is 19.1. The molecule has 0 radical (unpaired) electrons. The highest BCUT2D eigenvalue weighted by molar-refractivity contribution is 6.31. The van der Waals surface area contributed by atoms with Crippen LogP contribution >= 0.6 is 23.2 Å². The minimum Gasteiger partial charge on any atom is -0.356 e. The molecule has 2 N–H and O–H groups in total. The largest absolute Gasteiger partial charge is 0.356 e. The van der Waals surface area contributed by atoms with E-state index >= 15 is 0 Å². The van der Waals surface area contributed by atoms with E-state index in [1.54, 1.807) is 19.2 Å². The normalized spacial score (nSPS) is 11.4. The van der Waals surface area contributed by atoms with Crippen LogP contribution < -0.4 is 10.6 Å². The van der Waals surface area contributed by atoms with Crippen molar-refractivity contribution in [2.45, 2.75) is 13.0 Å². The second kappa shape index (κ2) is 9.39. The molecule has 1 aromatic heterocycles. The zero-order valence-corrected chi connectivity index (χ0v) is 16.3. The summed E-state index contributed by atoms with van der Waals surface area (Å²) in [6, 6.07) is 15.1. The monoisotopic (exact) mass is 403 g/mol. The van der Waals surface area contributed by atoms with Gasteiger partial charge in [0.25, 0.3) is 0 Å². The fourth-order valence-corrected chi connectivity index (χ4v) is 2.80. The van der Waals surface area contributed by atoms with Crippen LogP contribution in [0.25, 0.3) is 11.4 Å². The first-order valence-electron chi connectivity index (χ1n) is 8.42. The number of hydrogen-bond acceptors (Lipinski definition) is 4. The minimum absolute atomic E-state index is 0.367. The van der Waals surface area contributed by atoms with Crippen molar-refractivity contribution >= 4 is 29.2 Å². The fourth-order valence-electron chi connectivity index (χ4n) is 2.44. The van der Waals surface area contributed by atoms with Crippen LogP contribution in [0, 0.1) is 0 Å². The maximum atomic E-state index is 6.17. The highest BCUT2D eigenvalue weighted by Gasteiger charge is 2.09. The number of aromatic nitrogens is 2. The molecule has 0 aliphatic carbocycles. The Bertz CT molecular complexity index is 908. The number of hydrogen-bond donors (Lipinski definition) is 2. The number of nitrogens with zero attached hydrogens (tertiary/aromatic N) is 3. The van der Waals surface area contributed by atoms with Gasteiger partial charge in [-0.05, 0) is 42.3 Å². The summed E-state index contributed by atoms with van der Waals surface area (Å²) in [4.78, 5) is 8.56. The van der Waals surface area contributed by atoms with Crippen molar-refractivity contribution in [3.8, 4) is 11.4 Å². The van der Waals surface area contributed by atoms with E-state index in [0.717, 1.165) is 22.6 Å². The van der Waals surface area contributed by atoms with Gasteiger partial charge in [0.15, 0.2) is 5.96 Å². The quantitative estimate of drug-likeness (QED) is 0.481. The first kappa shape index (κ1) is 19.2. The molecule has 0 bridgehead atoms. The van der Waals surface area contributed by atoms with Gasteiger partial charge < -0.3 is 15.2 Å². The summed E-state index contributed by atoms with van der Waals surface area (Å²) >= 11 is 12.1. The number of benzene rings is 2. The molecule has 1 heterocycles. The highest BCUT2D eigenvalue weighted by Crippen LogP contribution is 2.18. The molecule has 27 heavy (non-hydrogen) atoms. The molecule has 0 amide bonds. The molecular weight excluding hydrogens is 385 g/mol. The van der Waals surface area contributed by atoms with Crippen molar-refractivity contribution in [1.82, 2.24) is 20.8 Å². The van der Waals surface area contributed by atoms with Gasteiger partial charge in [0.05, 0.1) is 6.54 Å². The lowest BCUT2D eigenvalue weighted by molar-refractivity contribution is 0.375. The average molecular weight is 404 g/mol. The number of aliphatic imine (C=N–C) groups is 1. The lowest BCUT2D eigenvalue weighted by atomic mass is 10.1. The third-order valence-electron chi connectivity index (χ3n) is 3.85. The van der Waals surface area contributed by atoms with Gasteiger partial charge >= 0.3 is 0 Å². The Morgan fingerprint density at radius 2 is 1.85 bits per heavy atom. The van der Waals surface area contributed by atoms with E-state index < -0.39 is 0 Å². The van der Waals surface area contributed by atoms with Crippen molar-refractivity contribution in [3.05, 3.63) is 70.0 Å². The van der Waals surface area contributed by atoms with Gasteiger partial charge in [-0.3, -0.25) is 4.99 Å². The van der Waals surface area contributed by atoms with Crippen LogP contribution in [0.4, 0.5) is 0 Å². The minimum atomic E-state index is 0.367. The van der Waals surface area contributed by atoms with E-state index in [0.29, 0.717) is 35.8 Å². The van der Waals surface area contributed by atoms with Crippen LogP contribution in [0.3, 0.4) is 0 Å². The van der Waals surface area contributed by atoms with Gasteiger partial charge in [0.2, 0.25) is 11.7 Å². The summed E-state index contributed by atoms with van der Waals surface area (Å²) in [5.74, 6) is 1.63. The number of guanidine groups is 1. The smallest absolute Gasteiger partial charge is 0.246 e. The molecule has 3 rings (SSSR count). The molecular formula is C19H19Cl2N5O. The summed E-state index contributed by atoms with van der Waals surface area (Å²) < 4.78 is 5.28. The predicted octanol–water partition coefficient (Wildman–Crippen LogP) is 3.95. The van der Waals surface area contributed by atoms with Gasteiger partial charge in [-0.25, -0.2) is 0 Å². The van der Waals surface area contributed by atoms with E-state index in [4.69, 9.17) is 27.7 Å². The van der Waals surface area contributed by atoms with E-state index in [2.05, 4.69) is 25.8 Å². The lowest BCUT2D eigenvalue weighted by Crippen LogP contribution is -2.37. The molecule has 140 valence electrons. The van der Waals surface area contributed by atoms with Crippen LogP contribution in [0.1, 0.15) is 11.5 Å². The Morgan fingerprint density at radius 1 is 1.07 bits per heavy atom. The second-order valence-corrected chi connectivity index (χ2v) is 6.56. The highest BCUT2D eigenvalue weighted by atomic mass is 35.5. The molecule has 0 saturated heterocycles. The molecule has 0 saturated carbocycles. The SMILES string of the molecule is CN=C(NCCc1ccccc1Cl)NCc1nc(-c2ccc(Cl)cc2)no1. The molecule has 0 unspecified atom stereocenters. The first-order chi connectivity index (χ1) is 13.2. The predicted molar refractivity (Wildman–Crippen MR) is 108 cm³/mol. The topological polar surface area (TPSA) is 75.3 Å². The summed E-state index contributed by atoms with van der Waals surface area (Å²) in [5, 5.41) is 11.8. The third kappa shape index (κ3) is 5.45. The summed E-state index contributed by atoms with van der Waals surface area (Å²) in [5.41, 5.74) is 1.93. The van der Waals surface area contributed by atoms with Crippen LogP contribution in [-0.2, 0) is 13.0 Å². The maximum absolute atomic E-state index is 6.17. The number of rotatable bonds is 6. The van der Waals surface area contributed by atoms with Crippen LogP contribution in [0.15, 0.2) is 58.0 Å². The molecule has 0 atom stereocenters. The summed E-state index contributed by atoms with van der Waals surface area (Å²) in [6.07, 6.45) is 0.793. The van der Waals surface area contributed by atoms with Crippen molar-refractivity contribution in [3.63, 3.8) is 0 Å². The van der Waals surface area contributed by atoms with E-state index in [9.17, 15) is 0 Å². The van der Waals surface area contributed by atoms with E-state index in [1.165, 1.54) is 0 Å². The van der Waals surface area contributed by atoms with Crippen molar-refractivity contribution in [1.29, 1.82) is 0 Å². The van der Waals surface area contributed by atoms with Crippen molar-refractivity contribution in [2.75, 3.05) is 13.6 Å². The van der Waals surface area contributed by atoms with E-state index in [1.807, 2.05) is 36.4 Å².